The topological polar surface area (TPSA) is 299 Å². The zero-order chi connectivity index (χ0) is 52.2. The molecule has 4 aromatic rings. The first-order chi connectivity index (χ1) is 34.1. The fourth-order valence-electron chi connectivity index (χ4n) is 9.35. The van der Waals surface area contributed by atoms with E-state index in [0.717, 1.165) is 18.5 Å². The lowest BCUT2D eigenvalue weighted by Gasteiger charge is -2.44. The van der Waals surface area contributed by atoms with Crippen LogP contribution in [0.25, 0.3) is 0 Å². The maximum absolute atomic E-state index is 13.8. The summed E-state index contributed by atoms with van der Waals surface area (Å²) in [5, 5.41) is 40.3. The molecule has 382 valence electrons. The van der Waals surface area contributed by atoms with E-state index >= 15 is 0 Å². The van der Waals surface area contributed by atoms with Crippen molar-refractivity contribution in [3.8, 4) is 11.5 Å². The molecule has 26 heteroatoms. The molecule has 10 rings (SSSR count). The molecule has 3 fully saturated rings. The van der Waals surface area contributed by atoms with Crippen LogP contribution >= 0.6 is 11.6 Å². The standard InChI is InChI=1S/C20H19F2N3O5.C13H13ClN2O5.C13H14N2O6/c1-10-4-5-30-15-9-24-8-13(17(26)18(27)16(24)20(29)25(10)15)19(28)23-7-11-2-3-12(21)6-14(11)22;1-6-2-3-21-8-5-15-4-7(13(19)20)11(17)9(14)10(15)12(18)16(6)8;1-6-2-3-21-8-5-14-4-7(13(19)20)10(16)11(17)9(14)12(18)15(6)8/h2-3,6,8,10,15,27H,4-5,7,9H2,1H3,(H,23,28);4,6,8H,2-3,5H2,1H3,(H,19,20);4,6,8,17H,2-3,5H2,1H3,(H,19,20)/t10-,15+;2*6-,8+/m111/s1. The van der Waals surface area contributed by atoms with Gasteiger partial charge in [0.25, 0.3) is 23.6 Å². The van der Waals surface area contributed by atoms with Gasteiger partial charge in [-0.2, -0.15) is 0 Å². The van der Waals surface area contributed by atoms with Gasteiger partial charge in [0, 0.05) is 54.9 Å². The number of nitrogens with one attached hydrogen (secondary N) is 1. The van der Waals surface area contributed by atoms with Gasteiger partial charge in [-0.15, -0.1) is 0 Å². The molecule has 0 spiro atoms. The molecular formula is C46H46ClF2N7O16. The summed E-state index contributed by atoms with van der Waals surface area (Å²) >= 11 is 5.95. The van der Waals surface area contributed by atoms with E-state index in [1.165, 1.54) is 35.8 Å². The van der Waals surface area contributed by atoms with Crippen LogP contribution in [0.1, 0.15) is 108 Å². The molecule has 1 aromatic carbocycles. The van der Waals surface area contributed by atoms with Gasteiger partial charge in [-0.05, 0) is 46.1 Å². The summed E-state index contributed by atoms with van der Waals surface area (Å²) in [6, 6.07) is 2.70. The van der Waals surface area contributed by atoms with Gasteiger partial charge >= 0.3 is 11.9 Å². The third-order valence-electron chi connectivity index (χ3n) is 13.2. The summed E-state index contributed by atoms with van der Waals surface area (Å²) < 4.78 is 47.5. The first-order valence-electron chi connectivity index (χ1n) is 22.5. The summed E-state index contributed by atoms with van der Waals surface area (Å²) in [6.07, 6.45) is 3.88. The number of aromatic hydroxyl groups is 2. The predicted octanol–water partition coefficient (Wildman–Crippen LogP) is 1.99. The number of carbonyl (C=O) groups is 6. The van der Waals surface area contributed by atoms with Crippen molar-refractivity contribution >= 4 is 47.2 Å². The molecule has 6 aliphatic heterocycles. The number of aromatic nitrogens is 3. The average molecular weight is 1030 g/mol. The highest BCUT2D eigenvalue weighted by molar-refractivity contribution is 6.33. The number of pyridine rings is 3. The number of carboxylic acid groups (broad SMARTS) is 2. The Morgan fingerprint density at radius 2 is 1.01 bits per heavy atom. The Bertz CT molecular complexity index is 3020. The first kappa shape index (κ1) is 50.9. The van der Waals surface area contributed by atoms with Crippen LogP contribution in [0.2, 0.25) is 5.02 Å². The molecular weight excluding hydrogens is 980 g/mol. The monoisotopic (exact) mass is 1030 g/mol. The summed E-state index contributed by atoms with van der Waals surface area (Å²) in [4.78, 5) is 113. The van der Waals surface area contributed by atoms with Crippen LogP contribution in [-0.4, -0.2) is 141 Å². The van der Waals surface area contributed by atoms with Crippen molar-refractivity contribution < 1.29 is 72.2 Å². The van der Waals surface area contributed by atoms with Crippen LogP contribution < -0.4 is 21.6 Å². The minimum Gasteiger partial charge on any atom is -0.503 e. The number of halogens is 3. The summed E-state index contributed by atoms with van der Waals surface area (Å²) in [5.41, 5.74) is -4.63. The highest BCUT2D eigenvalue weighted by Crippen LogP contribution is 2.32. The van der Waals surface area contributed by atoms with Gasteiger partial charge in [-0.25, -0.2) is 18.4 Å². The number of hydrogen-bond acceptors (Lipinski definition) is 14. The average Bonchev–Trinajstić information content (AvgIpc) is 3.32. The van der Waals surface area contributed by atoms with Crippen LogP contribution in [0.5, 0.6) is 11.5 Å². The van der Waals surface area contributed by atoms with Gasteiger partial charge in [0.2, 0.25) is 16.3 Å². The van der Waals surface area contributed by atoms with E-state index in [9.17, 15) is 62.1 Å². The Kier molecular flexibility index (Phi) is 14.1. The molecule has 72 heavy (non-hydrogen) atoms. The third kappa shape index (κ3) is 9.18. The number of amides is 4. The van der Waals surface area contributed by atoms with Crippen molar-refractivity contribution in [2.24, 2.45) is 0 Å². The molecule has 23 nitrogen and oxygen atoms in total. The number of benzene rings is 1. The van der Waals surface area contributed by atoms with Crippen LogP contribution in [0.3, 0.4) is 0 Å². The summed E-state index contributed by atoms with van der Waals surface area (Å²) in [6.45, 7) is 7.42. The molecule has 6 aliphatic rings. The van der Waals surface area contributed by atoms with Crippen LogP contribution in [0.15, 0.2) is 51.2 Å². The van der Waals surface area contributed by atoms with E-state index in [0.29, 0.717) is 45.1 Å². The number of fused-ring (bicyclic) bond motifs is 6. The number of hydrogen-bond donors (Lipinski definition) is 5. The second kappa shape index (κ2) is 20.0. The Hall–Kier alpha value is -7.48. The number of rotatable bonds is 5. The molecule has 0 bridgehead atoms. The lowest BCUT2D eigenvalue weighted by Crippen LogP contribution is -2.57. The lowest BCUT2D eigenvalue weighted by molar-refractivity contribution is -0.112. The fourth-order valence-corrected chi connectivity index (χ4v) is 9.64. The summed E-state index contributed by atoms with van der Waals surface area (Å²) in [7, 11) is 0. The minimum atomic E-state index is -1.45. The van der Waals surface area contributed by atoms with Crippen molar-refractivity contribution in [2.45, 2.75) is 103 Å². The Morgan fingerprint density at radius 1 is 0.625 bits per heavy atom. The largest absolute Gasteiger partial charge is 0.503 e. The van der Waals surface area contributed by atoms with E-state index in [1.807, 2.05) is 20.8 Å². The highest BCUT2D eigenvalue weighted by atomic mass is 35.5. The van der Waals surface area contributed by atoms with Gasteiger partial charge in [0.15, 0.2) is 41.6 Å². The third-order valence-corrected chi connectivity index (χ3v) is 13.5. The predicted molar refractivity (Wildman–Crippen MR) is 242 cm³/mol. The number of carbonyl (C=O) groups excluding carboxylic acids is 4. The quantitative estimate of drug-likeness (QED) is 0.191. The fraction of sp³-hybridized carbons (Fsp3) is 0.413. The smallest absolute Gasteiger partial charge is 0.341 e. The highest BCUT2D eigenvalue weighted by Gasteiger charge is 2.44. The molecule has 3 aromatic heterocycles. The van der Waals surface area contributed by atoms with Gasteiger partial charge in [0.1, 0.15) is 39.0 Å². The number of aromatic carboxylic acids is 2. The molecule has 0 unspecified atom stereocenters. The Balaban J connectivity index is 0.000000148. The SMILES string of the molecule is C[C@@H]1CCO[C@H]2Cn3cc(C(=O)NCc4ccc(F)cc4F)c(=O)c(O)c3C(=O)N12.C[C@@H]1CCO[C@H]2Cn3cc(C(=O)O)c(=O)c(Cl)c3C(=O)N12.C[C@@H]1CCO[C@H]2Cn3cc(C(=O)O)c(=O)c(O)c3C(=O)N12. The second-order valence-electron chi connectivity index (χ2n) is 17.7. The van der Waals surface area contributed by atoms with Crippen molar-refractivity contribution in [3.63, 3.8) is 0 Å². The van der Waals surface area contributed by atoms with Gasteiger partial charge in [-0.3, -0.25) is 33.6 Å². The van der Waals surface area contributed by atoms with Crippen LogP contribution in [-0.2, 0) is 40.4 Å². The molecule has 9 heterocycles. The van der Waals surface area contributed by atoms with E-state index < -0.39 is 110 Å². The van der Waals surface area contributed by atoms with Gasteiger partial charge in [-0.1, -0.05) is 17.7 Å². The van der Waals surface area contributed by atoms with Crippen molar-refractivity contribution in [1.29, 1.82) is 0 Å². The maximum Gasteiger partial charge on any atom is 0.341 e. The van der Waals surface area contributed by atoms with Crippen molar-refractivity contribution in [2.75, 3.05) is 19.8 Å². The molecule has 0 radical (unpaired) electrons. The van der Waals surface area contributed by atoms with Gasteiger partial charge < -0.3 is 68.4 Å². The molecule has 3 saturated heterocycles. The normalized spacial score (nSPS) is 22.8. The first-order valence-corrected chi connectivity index (χ1v) is 22.9. The molecule has 5 N–H and O–H groups in total. The van der Waals surface area contributed by atoms with E-state index in [4.69, 9.17) is 36.0 Å². The van der Waals surface area contributed by atoms with Crippen LogP contribution in [0.4, 0.5) is 8.78 Å². The van der Waals surface area contributed by atoms with E-state index in [-0.39, 0.29) is 72.0 Å². The van der Waals surface area contributed by atoms with Gasteiger partial charge in [0.05, 0.1) is 39.5 Å². The molecule has 0 saturated carbocycles. The van der Waals surface area contributed by atoms with E-state index in [1.54, 1.807) is 4.90 Å². The Labute approximate surface area is 409 Å². The van der Waals surface area contributed by atoms with E-state index in [2.05, 4.69) is 5.32 Å². The zero-order valence-corrected chi connectivity index (χ0v) is 39.3. The second-order valence-corrected chi connectivity index (χ2v) is 18.1. The maximum atomic E-state index is 13.8. The lowest BCUT2D eigenvalue weighted by atomic mass is 10.1. The van der Waals surface area contributed by atoms with Crippen molar-refractivity contribution in [1.82, 2.24) is 33.7 Å². The molecule has 0 aliphatic carbocycles. The molecule has 6 atom stereocenters. The Morgan fingerprint density at radius 3 is 1.44 bits per heavy atom. The van der Waals surface area contributed by atoms with Crippen LogP contribution in [0, 0.1) is 11.6 Å². The minimum absolute atomic E-state index is 0.0182. The molecule has 4 amide bonds. The number of nitrogens with zero attached hydrogens (tertiary/aromatic N) is 6. The summed E-state index contributed by atoms with van der Waals surface area (Å²) in [5.74, 6) is -8.39. The number of carboxylic acids is 2. The van der Waals surface area contributed by atoms with Crippen molar-refractivity contribution in [3.05, 3.63) is 123 Å². The number of ether oxygens (including phenoxy) is 3. The zero-order valence-electron chi connectivity index (χ0n) is 38.5.